The van der Waals surface area contributed by atoms with E-state index < -0.39 is 5.91 Å². The molecule has 204 valence electrons. The number of amides is 3. The Morgan fingerprint density at radius 1 is 0.925 bits per heavy atom. The number of benzene rings is 3. The summed E-state index contributed by atoms with van der Waals surface area (Å²) in [6.07, 6.45) is 1.65. The van der Waals surface area contributed by atoms with Gasteiger partial charge in [-0.3, -0.25) is 19.7 Å². The van der Waals surface area contributed by atoms with Gasteiger partial charge in [-0.15, -0.1) is 22.0 Å². The van der Waals surface area contributed by atoms with Crippen LogP contribution >= 0.6 is 23.1 Å². The second-order valence-electron chi connectivity index (χ2n) is 9.14. The summed E-state index contributed by atoms with van der Waals surface area (Å²) in [5, 5.41) is 17.4. The van der Waals surface area contributed by atoms with Crippen molar-refractivity contribution in [3.05, 3.63) is 106 Å². The van der Waals surface area contributed by atoms with Crippen LogP contribution < -0.4 is 16.0 Å². The summed E-state index contributed by atoms with van der Waals surface area (Å²) in [6.45, 7) is 6.04. The van der Waals surface area contributed by atoms with Gasteiger partial charge < -0.3 is 10.6 Å². The number of anilines is 2. The molecular weight excluding hydrogens is 542 g/mol. The lowest BCUT2D eigenvalue weighted by atomic mass is 10.0. The third-order valence-electron chi connectivity index (χ3n) is 5.68. The first-order valence-corrected chi connectivity index (χ1v) is 14.4. The minimum absolute atomic E-state index is 0.107. The van der Waals surface area contributed by atoms with E-state index in [9.17, 15) is 14.4 Å². The maximum absolute atomic E-state index is 13.4. The van der Waals surface area contributed by atoms with E-state index in [-0.39, 0.29) is 23.3 Å². The smallest absolute Gasteiger partial charge is 0.272 e. The van der Waals surface area contributed by atoms with Crippen LogP contribution in [0.1, 0.15) is 46.3 Å². The molecule has 0 aliphatic heterocycles. The minimum atomic E-state index is -0.469. The van der Waals surface area contributed by atoms with Crippen LogP contribution in [0.4, 0.5) is 10.8 Å². The third-order valence-corrected chi connectivity index (χ3v) is 7.43. The molecule has 0 spiro atoms. The monoisotopic (exact) mass is 571 g/mol. The van der Waals surface area contributed by atoms with Gasteiger partial charge in [0.05, 0.1) is 5.75 Å². The van der Waals surface area contributed by atoms with E-state index in [0.717, 1.165) is 15.5 Å². The van der Waals surface area contributed by atoms with Crippen molar-refractivity contribution in [1.82, 2.24) is 15.5 Å². The van der Waals surface area contributed by atoms with Gasteiger partial charge >= 0.3 is 0 Å². The average Bonchev–Trinajstić information content (AvgIpc) is 3.36. The van der Waals surface area contributed by atoms with Crippen LogP contribution in [0.3, 0.4) is 0 Å². The van der Waals surface area contributed by atoms with Gasteiger partial charge in [-0.1, -0.05) is 73.7 Å². The van der Waals surface area contributed by atoms with Crippen LogP contribution in [-0.2, 0) is 9.59 Å². The Hall–Kier alpha value is -4.28. The van der Waals surface area contributed by atoms with Crippen molar-refractivity contribution in [2.75, 3.05) is 16.4 Å². The summed E-state index contributed by atoms with van der Waals surface area (Å²) in [5.74, 6) is -0.512. The van der Waals surface area contributed by atoms with Gasteiger partial charge in [0.15, 0.2) is 0 Å². The first-order chi connectivity index (χ1) is 19.3. The number of aromatic nitrogens is 2. The summed E-state index contributed by atoms with van der Waals surface area (Å²) in [7, 11) is 0. The second kappa shape index (κ2) is 13.7. The number of carbonyl (C=O) groups excluding carboxylic acids is 3. The number of aryl methyl sites for hydroxylation is 1. The lowest BCUT2D eigenvalue weighted by Crippen LogP contribution is -2.30. The standard InChI is InChI=1S/C30H29N5O3S2/c1-19(2)22-14-12-21(13-15-22)16-26(32-28(37)23-8-5-4-6-9-23)29(38)31-24-10-7-11-25(17-24)39-18-27(36)33-30-35-34-20(3)40-30/h4-17,19H,18H2,1-3H3,(H,31,38)(H,32,37)(H,33,35,36)/b26-16+. The molecule has 3 aromatic carbocycles. The van der Waals surface area contributed by atoms with E-state index in [4.69, 9.17) is 0 Å². The second-order valence-corrected chi connectivity index (χ2v) is 11.4. The van der Waals surface area contributed by atoms with E-state index in [2.05, 4.69) is 40.0 Å². The zero-order valence-electron chi connectivity index (χ0n) is 22.3. The minimum Gasteiger partial charge on any atom is -0.321 e. The molecule has 0 aliphatic rings. The van der Waals surface area contributed by atoms with E-state index in [1.54, 1.807) is 48.5 Å². The molecule has 1 heterocycles. The van der Waals surface area contributed by atoms with E-state index in [1.807, 2.05) is 43.3 Å². The highest BCUT2D eigenvalue weighted by Crippen LogP contribution is 2.23. The first kappa shape index (κ1) is 28.7. The predicted molar refractivity (Wildman–Crippen MR) is 161 cm³/mol. The van der Waals surface area contributed by atoms with Crippen molar-refractivity contribution in [2.24, 2.45) is 0 Å². The fourth-order valence-corrected chi connectivity index (χ4v) is 4.96. The molecule has 4 aromatic rings. The quantitative estimate of drug-likeness (QED) is 0.156. The van der Waals surface area contributed by atoms with Crippen molar-refractivity contribution in [3.8, 4) is 0 Å². The Bertz CT molecular complexity index is 1520. The average molecular weight is 572 g/mol. The number of carbonyl (C=O) groups is 3. The molecule has 0 radical (unpaired) electrons. The van der Waals surface area contributed by atoms with Gasteiger partial charge in [-0.2, -0.15) is 0 Å². The van der Waals surface area contributed by atoms with Gasteiger partial charge in [0, 0.05) is 16.1 Å². The number of rotatable bonds is 10. The molecule has 0 unspecified atom stereocenters. The molecular formula is C30H29N5O3S2. The summed E-state index contributed by atoms with van der Waals surface area (Å²) >= 11 is 2.64. The van der Waals surface area contributed by atoms with Crippen molar-refractivity contribution in [3.63, 3.8) is 0 Å². The lowest BCUT2D eigenvalue weighted by molar-refractivity contribution is -0.114. The highest BCUT2D eigenvalue weighted by atomic mass is 32.2. The molecule has 40 heavy (non-hydrogen) atoms. The van der Waals surface area contributed by atoms with E-state index >= 15 is 0 Å². The summed E-state index contributed by atoms with van der Waals surface area (Å²) in [6, 6.07) is 23.8. The predicted octanol–water partition coefficient (Wildman–Crippen LogP) is 6.11. The molecule has 0 bridgehead atoms. The molecule has 1 aromatic heterocycles. The SMILES string of the molecule is Cc1nnc(NC(=O)CSc2cccc(NC(=O)/C(=C\c3ccc(C(C)C)cc3)NC(=O)c3ccccc3)c2)s1. The van der Waals surface area contributed by atoms with Crippen LogP contribution in [0.15, 0.2) is 89.5 Å². The van der Waals surface area contributed by atoms with Crippen molar-refractivity contribution < 1.29 is 14.4 Å². The van der Waals surface area contributed by atoms with Gasteiger partial charge in [0.1, 0.15) is 10.7 Å². The Morgan fingerprint density at radius 2 is 1.68 bits per heavy atom. The molecule has 0 saturated carbocycles. The van der Waals surface area contributed by atoms with Gasteiger partial charge in [0.2, 0.25) is 11.0 Å². The maximum atomic E-state index is 13.4. The molecule has 10 heteroatoms. The number of hydrogen-bond acceptors (Lipinski definition) is 7. The number of thioether (sulfide) groups is 1. The summed E-state index contributed by atoms with van der Waals surface area (Å²) in [5.41, 5.74) is 3.04. The van der Waals surface area contributed by atoms with Crippen LogP contribution in [-0.4, -0.2) is 33.7 Å². The molecule has 3 amide bonds. The lowest BCUT2D eigenvalue weighted by Gasteiger charge is -2.12. The Labute approximate surface area is 241 Å². The van der Waals surface area contributed by atoms with Crippen LogP contribution in [0.25, 0.3) is 6.08 Å². The van der Waals surface area contributed by atoms with Crippen molar-refractivity contribution in [2.45, 2.75) is 31.6 Å². The molecule has 0 atom stereocenters. The van der Waals surface area contributed by atoms with Gasteiger partial charge in [-0.25, -0.2) is 0 Å². The zero-order chi connectivity index (χ0) is 28.5. The van der Waals surface area contributed by atoms with Crippen molar-refractivity contribution in [1.29, 1.82) is 0 Å². The molecule has 3 N–H and O–H groups in total. The van der Waals surface area contributed by atoms with E-state index in [1.165, 1.54) is 28.7 Å². The fraction of sp³-hybridized carbons (Fsp3) is 0.167. The third kappa shape index (κ3) is 8.36. The maximum Gasteiger partial charge on any atom is 0.272 e. The molecule has 0 aliphatic carbocycles. The topological polar surface area (TPSA) is 113 Å². The van der Waals surface area contributed by atoms with E-state index in [0.29, 0.717) is 22.3 Å². The highest BCUT2D eigenvalue weighted by molar-refractivity contribution is 8.00. The largest absolute Gasteiger partial charge is 0.321 e. The normalized spacial score (nSPS) is 11.2. The Kier molecular flexibility index (Phi) is 9.82. The number of nitrogens with zero attached hydrogens (tertiary/aromatic N) is 2. The van der Waals surface area contributed by atoms with Crippen LogP contribution in [0, 0.1) is 6.92 Å². The fourth-order valence-electron chi connectivity index (χ4n) is 3.60. The highest BCUT2D eigenvalue weighted by Gasteiger charge is 2.16. The Balaban J connectivity index is 1.47. The first-order valence-electron chi connectivity index (χ1n) is 12.6. The summed E-state index contributed by atoms with van der Waals surface area (Å²) < 4.78 is 0. The number of hydrogen-bond donors (Lipinski definition) is 3. The van der Waals surface area contributed by atoms with Crippen LogP contribution in [0.2, 0.25) is 0 Å². The molecule has 0 saturated heterocycles. The molecule has 8 nitrogen and oxygen atoms in total. The zero-order valence-corrected chi connectivity index (χ0v) is 23.9. The summed E-state index contributed by atoms with van der Waals surface area (Å²) in [4.78, 5) is 39.3. The van der Waals surface area contributed by atoms with Gasteiger partial charge in [0.25, 0.3) is 11.8 Å². The Morgan fingerprint density at radius 3 is 2.35 bits per heavy atom. The molecule has 4 rings (SSSR count). The van der Waals surface area contributed by atoms with Crippen molar-refractivity contribution >= 4 is 57.7 Å². The van der Waals surface area contributed by atoms with Gasteiger partial charge in [-0.05, 0) is 60.4 Å². The molecule has 0 fully saturated rings. The number of nitrogens with one attached hydrogen (secondary N) is 3. The van der Waals surface area contributed by atoms with Crippen LogP contribution in [0.5, 0.6) is 0 Å².